The molecule has 0 spiro atoms. The minimum Gasteiger partial charge on any atom is -0.872 e. The average molecular weight is 1080 g/mol. The molecule has 0 bridgehead atoms. The zero-order valence-electron chi connectivity index (χ0n) is 33.1. The summed E-state index contributed by atoms with van der Waals surface area (Å²) in [6.45, 7) is 0. The third-order valence-corrected chi connectivity index (χ3v) is 8.75. The van der Waals surface area contributed by atoms with Crippen molar-refractivity contribution in [3.8, 4) is 23.0 Å². The molecule has 305 valence electrons. The third kappa shape index (κ3) is 14.2. The SMILES string of the molecule is [Co+3].[O-]c1ccccc1C=Nc1ccccc1[N-][C@H](c1ccccc1[O-])[C@@H]([N-]c1ccccc1N=Cc1ccccc1[O-])c1ccccc1[O-].[U+3].c1ccncc1.c1ccncc1. The Hall–Kier alpha value is -6.68. The van der Waals surface area contributed by atoms with Gasteiger partial charge in [-0.25, -0.2) is 0 Å². The summed E-state index contributed by atoms with van der Waals surface area (Å²) in [4.78, 5) is 16.7. The Morgan fingerprint density at radius 1 is 0.387 bits per heavy atom. The first-order chi connectivity index (χ1) is 29.5. The topological polar surface area (TPSA) is 171 Å². The van der Waals surface area contributed by atoms with Crippen molar-refractivity contribution < 1.29 is 68.3 Å². The van der Waals surface area contributed by atoms with Gasteiger partial charge in [-0.3, -0.25) is 20.0 Å². The molecule has 1 radical (unpaired) electrons. The Kier molecular flexibility index (Phi) is 20.0. The van der Waals surface area contributed by atoms with E-state index in [1.54, 1.807) is 146 Å². The zero-order chi connectivity index (χ0) is 41.8. The molecular weight excluding hydrogens is 1050 g/mol. The predicted octanol–water partition coefficient (Wildman–Crippen LogP) is 9.84. The van der Waals surface area contributed by atoms with Gasteiger partial charge in [0.15, 0.2) is 0 Å². The molecule has 62 heavy (non-hydrogen) atoms. The van der Waals surface area contributed by atoms with Gasteiger partial charge in [0.05, 0.1) is 0 Å². The van der Waals surface area contributed by atoms with Crippen LogP contribution < -0.4 is 20.4 Å². The molecule has 2 aromatic heterocycles. The minimum atomic E-state index is -0.962. The largest absolute Gasteiger partial charge is 3.00 e. The van der Waals surface area contributed by atoms with Crippen LogP contribution in [-0.2, 0) is 16.8 Å². The summed E-state index contributed by atoms with van der Waals surface area (Å²) in [5.74, 6) is -0.872. The van der Waals surface area contributed by atoms with Gasteiger partial charge in [0.2, 0.25) is 0 Å². The van der Waals surface area contributed by atoms with Crippen LogP contribution in [0.25, 0.3) is 10.6 Å². The molecule has 0 aliphatic rings. The Morgan fingerprint density at radius 3 is 1.03 bits per heavy atom. The van der Waals surface area contributed by atoms with Gasteiger partial charge >= 0.3 is 47.9 Å². The van der Waals surface area contributed by atoms with Gasteiger partial charge in [-0.1, -0.05) is 157 Å². The van der Waals surface area contributed by atoms with Crippen LogP contribution in [-0.4, -0.2) is 22.4 Å². The van der Waals surface area contributed by atoms with E-state index in [2.05, 4.69) is 20.0 Å². The monoisotopic (exact) mass is 1080 g/mol. The number of benzene rings is 6. The molecule has 0 aliphatic heterocycles. The maximum Gasteiger partial charge on any atom is 3.00 e. The molecule has 2 atom stereocenters. The van der Waals surface area contributed by atoms with Gasteiger partial charge in [0.25, 0.3) is 0 Å². The zero-order valence-corrected chi connectivity index (χ0v) is 38.3. The number of pyridine rings is 2. The first-order valence-corrected chi connectivity index (χ1v) is 18.9. The van der Waals surface area contributed by atoms with E-state index in [4.69, 9.17) is 10.6 Å². The van der Waals surface area contributed by atoms with Crippen molar-refractivity contribution in [1.82, 2.24) is 9.97 Å². The standard InChI is InChI=1S/C40H32N4O4.2C5H5N.Co.U/c45-35-21-9-1-13-27(35)25-41-31-17-5-7-19-33(31)43-39(29-15-3-11-23-37(29)47)40(30-16-4-12-24-38(30)48)44-34-20-8-6-18-32(34)42-26-28-14-2-10-22-36(28)46;2*1-2-4-6-5-3-1;;/h1-26,39-40,47-48H,(H,41,45)(H,42,46);2*1-5H;;/q-2;;;2*+3/p-4/t39-,40+;;;;. The van der Waals surface area contributed by atoms with Crippen LogP contribution in [0.5, 0.6) is 23.0 Å². The van der Waals surface area contributed by atoms with Crippen molar-refractivity contribution in [3.05, 3.63) is 240 Å². The first kappa shape index (κ1) is 48.0. The van der Waals surface area contributed by atoms with Crippen molar-refractivity contribution in [3.63, 3.8) is 0 Å². The van der Waals surface area contributed by atoms with E-state index in [9.17, 15) is 20.4 Å². The normalized spacial score (nSPS) is 11.3. The van der Waals surface area contributed by atoms with E-state index in [1.807, 2.05) is 36.4 Å². The van der Waals surface area contributed by atoms with Gasteiger partial charge in [-0.2, -0.15) is 0 Å². The molecule has 10 nitrogen and oxygen atoms in total. The fraction of sp³-hybridized carbons (Fsp3) is 0.0400. The number of para-hydroxylation sites is 8. The summed E-state index contributed by atoms with van der Waals surface area (Å²) in [5, 5.41) is 61.6. The van der Waals surface area contributed by atoms with E-state index in [0.29, 0.717) is 45.0 Å². The Labute approximate surface area is 395 Å². The van der Waals surface area contributed by atoms with Gasteiger partial charge < -0.3 is 31.1 Å². The second-order valence-corrected chi connectivity index (χ2v) is 12.8. The minimum absolute atomic E-state index is 0. The van der Waals surface area contributed by atoms with Crippen LogP contribution in [0.4, 0.5) is 22.7 Å². The molecule has 0 aliphatic carbocycles. The van der Waals surface area contributed by atoms with Gasteiger partial charge in [0, 0.05) is 48.6 Å². The Bertz CT molecular complexity index is 2370. The van der Waals surface area contributed by atoms with Crippen molar-refractivity contribution in [2.75, 3.05) is 0 Å². The summed E-state index contributed by atoms with van der Waals surface area (Å²) < 4.78 is 0. The molecule has 12 heteroatoms. The van der Waals surface area contributed by atoms with Crippen molar-refractivity contribution in [1.29, 1.82) is 0 Å². The van der Waals surface area contributed by atoms with Crippen LogP contribution in [0, 0.1) is 31.1 Å². The number of hydrogen-bond acceptors (Lipinski definition) is 8. The van der Waals surface area contributed by atoms with Gasteiger partial charge in [0.1, 0.15) is 0 Å². The number of nitrogens with zero attached hydrogens (tertiary/aromatic N) is 6. The van der Waals surface area contributed by atoms with Gasteiger partial charge in [-0.15, -0.1) is 46.5 Å². The predicted molar refractivity (Wildman–Crippen MR) is 231 cm³/mol. The van der Waals surface area contributed by atoms with Crippen LogP contribution >= 0.6 is 0 Å². The Balaban J connectivity index is 0.000000520. The summed E-state index contributed by atoms with van der Waals surface area (Å²) in [6.07, 6.45) is 9.96. The van der Waals surface area contributed by atoms with Crippen molar-refractivity contribution >= 4 is 35.2 Å². The molecule has 0 saturated carbocycles. The van der Waals surface area contributed by atoms with Crippen molar-refractivity contribution in [2.24, 2.45) is 9.98 Å². The smallest absolute Gasteiger partial charge is 0.872 e. The van der Waals surface area contributed by atoms with Crippen molar-refractivity contribution in [2.45, 2.75) is 12.1 Å². The van der Waals surface area contributed by atoms with E-state index in [0.717, 1.165) is 0 Å². The summed E-state index contributed by atoms with van der Waals surface area (Å²) in [7, 11) is 0. The summed E-state index contributed by atoms with van der Waals surface area (Å²) in [5.41, 5.74) is 3.30. The maximum atomic E-state index is 13.4. The number of aliphatic imine (C=N–C) groups is 2. The molecular formula is C50H38CoN6O4U. The van der Waals surface area contributed by atoms with Crippen LogP contribution in [0.3, 0.4) is 0 Å². The molecule has 0 amide bonds. The van der Waals surface area contributed by atoms with E-state index in [1.165, 1.54) is 36.7 Å². The molecule has 2 heterocycles. The molecule has 6 aromatic carbocycles. The van der Waals surface area contributed by atoms with Crippen LogP contribution in [0.15, 0.2) is 217 Å². The molecule has 8 rings (SSSR count). The maximum absolute atomic E-state index is 13.4. The average Bonchev–Trinajstić information content (AvgIpc) is 3.30. The quantitative estimate of drug-likeness (QED) is 0.117. The molecule has 0 saturated heterocycles. The third-order valence-electron chi connectivity index (χ3n) is 8.75. The fourth-order valence-corrected chi connectivity index (χ4v) is 5.81. The van der Waals surface area contributed by atoms with Crippen LogP contribution in [0.1, 0.15) is 34.3 Å². The second kappa shape index (κ2) is 25.8. The van der Waals surface area contributed by atoms with E-state index < -0.39 is 12.1 Å². The van der Waals surface area contributed by atoms with E-state index >= 15 is 0 Å². The number of aromatic nitrogens is 2. The molecule has 8 aromatic rings. The fourth-order valence-electron chi connectivity index (χ4n) is 5.81. The number of hydrogen-bond donors (Lipinski definition) is 0. The molecule has 0 N–H and O–H groups in total. The second-order valence-electron chi connectivity index (χ2n) is 12.8. The summed E-state index contributed by atoms with van der Waals surface area (Å²) >= 11 is 0. The van der Waals surface area contributed by atoms with Gasteiger partial charge in [-0.05, 0) is 47.5 Å². The van der Waals surface area contributed by atoms with Crippen LogP contribution in [0.2, 0.25) is 0 Å². The summed E-state index contributed by atoms with van der Waals surface area (Å²) in [6, 6.07) is 49.9. The van der Waals surface area contributed by atoms with E-state index in [-0.39, 0.29) is 70.9 Å². The number of rotatable bonds is 11. The molecule has 0 fully saturated rings. The first-order valence-electron chi connectivity index (χ1n) is 18.9. The Morgan fingerprint density at radius 2 is 0.710 bits per heavy atom. The molecule has 0 unspecified atom stereocenters.